The SMILES string of the molecule is CCNC(=O)C(C)(C)CNC(=NC)NCc1ccc(C)cc1OC. The second-order valence-corrected chi connectivity index (χ2v) is 6.34. The van der Waals surface area contributed by atoms with E-state index in [-0.39, 0.29) is 5.91 Å². The van der Waals surface area contributed by atoms with Crippen LogP contribution in [0.2, 0.25) is 0 Å². The fraction of sp³-hybridized carbons (Fsp3) is 0.556. The van der Waals surface area contributed by atoms with Crippen LogP contribution in [0.1, 0.15) is 31.9 Å². The van der Waals surface area contributed by atoms with E-state index in [0.717, 1.165) is 16.9 Å². The summed E-state index contributed by atoms with van der Waals surface area (Å²) in [4.78, 5) is 16.2. The monoisotopic (exact) mass is 334 g/mol. The predicted octanol–water partition coefficient (Wildman–Crippen LogP) is 1.83. The Balaban J connectivity index is 2.62. The number of hydrogen-bond acceptors (Lipinski definition) is 3. The summed E-state index contributed by atoms with van der Waals surface area (Å²) in [6.07, 6.45) is 0. The van der Waals surface area contributed by atoms with Crippen molar-refractivity contribution in [3.05, 3.63) is 29.3 Å². The van der Waals surface area contributed by atoms with Crippen molar-refractivity contribution >= 4 is 11.9 Å². The highest BCUT2D eigenvalue weighted by atomic mass is 16.5. The second-order valence-electron chi connectivity index (χ2n) is 6.34. The van der Waals surface area contributed by atoms with Crippen LogP contribution in [0.25, 0.3) is 0 Å². The third kappa shape index (κ3) is 5.76. The van der Waals surface area contributed by atoms with Gasteiger partial charge in [-0.1, -0.05) is 12.1 Å². The molecule has 0 unspecified atom stereocenters. The molecule has 0 saturated heterocycles. The topological polar surface area (TPSA) is 74.8 Å². The van der Waals surface area contributed by atoms with Crippen molar-refractivity contribution in [3.63, 3.8) is 0 Å². The van der Waals surface area contributed by atoms with Crippen LogP contribution in [0.15, 0.2) is 23.2 Å². The van der Waals surface area contributed by atoms with Crippen LogP contribution in [0.5, 0.6) is 5.75 Å². The lowest BCUT2D eigenvalue weighted by atomic mass is 9.92. The van der Waals surface area contributed by atoms with Gasteiger partial charge >= 0.3 is 0 Å². The average molecular weight is 334 g/mol. The maximum Gasteiger partial charge on any atom is 0.227 e. The molecule has 0 spiro atoms. The van der Waals surface area contributed by atoms with Crippen molar-refractivity contribution in [2.24, 2.45) is 10.4 Å². The molecule has 6 heteroatoms. The number of hydrogen-bond donors (Lipinski definition) is 3. The molecule has 1 aromatic rings. The molecule has 0 fully saturated rings. The van der Waals surface area contributed by atoms with Gasteiger partial charge in [0, 0.05) is 32.2 Å². The summed E-state index contributed by atoms with van der Waals surface area (Å²) in [5, 5.41) is 9.31. The zero-order valence-electron chi connectivity index (χ0n) is 15.6. The first kappa shape index (κ1) is 19.8. The lowest BCUT2D eigenvalue weighted by molar-refractivity contribution is -0.128. The molecule has 0 atom stereocenters. The number of carbonyl (C=O) groups excluding carboxylic acids is 1. The number of guanidine groups is 1. The summed E-state index contributed by atoms with van der Waals surface area (Å²) in [7, 11) is 3.38. The third-order valence-corrected chi connectivity index (χ3v) is 3.76. The molecule has 24 heavy (non-hydrogen) atoms. The molecule has 0 radical (unpaired) electrons. The van der Waals surface area contributed by atoms with Crippen molar-refractivity contribution in [1.82, 2.24) is 16.0 Å². The number of aryl methyl sites for hydroxylation is 1. The number of rotatable bonds is 7. The van der Waals surface area contributed by atoms with Gasteiger partial charge in [0.15, 0.2) is 5.96 Å². The predicted molar refractivity (Wildman–Crippen MR) is 98.4 cm³/mol. The first-order valence-electron chi connectivity index (χ1n) is 8.20. The zero-order valence-corrected chi connectivity index (χ0v) is 15.6. The van der Waals surface area contributed by atoms with Crippen LogP contribution in [-0.2, 0) is 11.3 Å². The number of carbonyl (C=O) groups is 1. The van der Waals surface area contributed by atoms with E-state index in [2.05, 4.69) is 20.9 Å². The molecule has 0 saturated carbocycles. The summed E-state index contributed by atoms with van der Waals surface area (Å²) in [5.74, 6) is 1.52. The number of aliphatic imine (C=N–C) groups is 1. The fourth-order valence-electron chi connectivity index (χ4n) is 2.18. The van der Waals surface area contributed by atoms with Crippen LogP contribution >= 0.6 is 0 Å². The first-order chi connectivity index (χ1) is 11.3. The minimum atomic E-state index is -0.519. The van der Waals surface area contributed by atoms with Gasteiger partial charge in [-0.3, -0.25) is 9.79 Å². The van der Waals surface area contributed by atoms with Crippen LogP contribution < -0.4 is 20.7 Å². The lowest BCUT2D eigenvalue weighted by Crippen LogP contribution is -2.47. The van der Waals surface area contributed by atoms with Crippen molar-refractivity contribution in [2.45, 2.75) is 34.2 Å². The van der Waals surface area contributed by atoms with Gasteiger partial charge < -0.3 is 20.7 Å². The average Bonchev–Trinajstić information content (AvgIpc) is 2.56. The van der Waals surface area contributed by atoms with Gasteiger partial charge in [0.25, 0.3) is 0 Å². The van der Waals surface area contributed by atoms with Gasteiger partial charge in [-0.15, -0.1) is 0 Å². The Bertz CT molecular complexity index is 582. The molecule has 6 nitrogen and oxygen atoms in total. The molecule has 0 aliphatic rings. The molecule has 1 rings (SSSR count). The van der Waals surface area contributed by atoms with Gasteiger partial charge in [0.2, 0.25) is 5.91 Å². The number of benzene rings is 1. The molecule has 0 heterocycles. The van der Waals surface area contributed by atoms with E-state index in [1.165, 1.54) is 0 Å². The largest absolute Gasteiger partial charge is 0.496 e. The number of methoxy groups -OCH3 is 1. The Hall–Kier alpha value is -2.24. The van der Waals surface area contributed by atoms with E-state index in [1.807, 2.05) is 45.9 Å². The highest BCUT2D eigenvalue weighted by molar-refractivity contribution is 5.84. The van der Waals surface area contributed by atoms with Crippen LogP contribution in [0, 0.1) is 12.3 Å². The highest BCUT2D eigenvalue weighted by Crippen LogP contribution is 2.19. The molecule has 0 aromatic heterocycles. The quantitative estimate of drug-likeness (QED) is 0.525. The minimum absolute atomic E-state index is 0.0214. The van der Waals surface area contributed by atoms with Gasteiger partial charge in [0.1, 0.15) is 5.75 Å². The fourth-order valence-corrected chi connectivity index (χ4v) is 2.18. The Kier molecular flexibility index (Phi) is 7.55. The molecule has 3 N–H and O–H groups in total. The Labute approximate surface area is 145 Å². The van der Waals surface area contributed by atoms with Crippen molar-refractivity contribution < 1.29 is 9.53 Å². The van der Waals surface area contributed by atoms with E-state index < -0.39 is 5.41 Å². The molecule has 1 amide bonds. The standard InChI is InChI=1S/C18H30N4O2/c1-7-20-16(23)18(3,4)12-22-17(19-5)21-11-14-9-8-13(2)10-15(14)24-6/h8-10H,7,11-12H2,1-6H3,(H,20,23)(H2,19,21,22). The Morgan fingerprint density at radius 2 is 1.96 bits per heavy atom. The van der Waals surface area contributed by atoms with Crippen LogP contribution in [0.4, 0.5) is 0 Å². The van der Waals surface area contributed by atoms with E-state index >= 15 is 0 Å². The summed E-state index contributed by atoms with van der Waals surface area (Å²) < 4.78 is 5.41. The third-order valence-electron chi connectivity index (χ3n) is 3.76. The first-order valence-corrected chi connectivity index (χ1v) is 8.20. The van der Waals surface area contributed by atoms with Gasteiger partial charge in [-0.05, 0) is 39.3 Å². The molecule has 1 aromatic carbocycles. The summed E-state index contributed by atoms with van der Waals surface area (Å²) in [6, 6.07) is 6.09. The molecular formula is C18H30N4O2. The second kappa shape index (κ2) is 9.15. The van der Waals surface area contributed by atoms with Gasteiger partial charge in [0.05, 0.1) is 12.5 Å². The van der Waals surface area contributed by atoms with Crippen LogP contribution in [0.3, 0.4) is 0 Å². The maximum absolute atomic E-state index is 12.0. The highest BCUT2D eigenvalue weighted by Gasteiger charge is 2.27. The van der Waals surface area contributed by atoms with E-state index in [4.69, 9.17) is 4.74 Å². The van der Waals surface area contributed by atoms with Crippen LogP contribution in [-0.4, -0.2) is 39.1 Å². The Morgan fingerprint density at radius 1 is 1.25 bits per heavy atom. The van der Waals surface area contributed by atoms with E-state index in [9.17, 15) is 4.79 Å². The summed E-state index contributed by atoms with van der Waals surface area (Å²) >= 11 is 0. The zero-order chi connectivity index (χ0) is 18.2. The minimum Gasteiger partial charge on any atom is -0.496 e. The maximum atomic E-state index is 12.0. The van der Waals surface area contributed by atoms with Gasteiger partial charge in [-0.2, -0.15) is 0 Å². The van der Waals surface area contributed by atoms with Crippen molar-refractivity contribution in [1.29, 1.82) is 0 Å². The number of nitrogens with one attached hydrogen (secondary N) is 3. The molecule has 0 bridgehead atoms. The number of nitrogens with zero attached hydrogens (tertiary/aromatic N) is 1. The smallest absolute Gasteiger partial charge is 0.227 e. The number of amides is 1. The summed E-state index contributed by atoms with van der Waals surface area (Å²) in [6.45, 7) is 9.46. The van der Waals surface area contributed by atoms with Crippen molar-refractivity contribution in [3.8, 4) is 5.75 Å². The van der Waals surface area contributed by atoms with E-state index in [0.29, 0.717) is 25.6 Å². The summed E-state index contributed by atoms with van der Waals surface area (Å²) in [5.41, 5.74) is 1.69. The number of ether oxygens (including phenoxy) is 1. The van der Waals surface area contributed by atoms with Crippen molar-refractivity contribution in [2.75, 3.05) is 27.2 Å². The van der Waals surface area contributed by atoms with E-state index in [1.54, 1.807) is 14.2 Å². The molecular weight excluding hydrogens is 304 g/mol. The Morgan fingerprint density at radius 3 is 2.54 bits per heavy atom. The normalized spacial score (nSPS) is 11.8. The molecule has 0 aliphatic carbocycles. The lowest BCUT2D eigenvalue weighted by Gasteiger charge is -2.25. The van der Waals surface area contributed by atoms with Gasteiger partial charge in [-0.25, -0.2) is 0 Å². The molecule has 0 aliphatic heterocycles. The molecule has 134 valence electrons.